The van der Waals surface area contributed by atoms with Crippen LogP contribution in [0.15, 0.2) is 41.3 Å². The van der Waals surface area contributed by atoms with E-state index in [1.807, 2.05) is 26.0 Å². The Bertz CT molecular complexity index is 879. The van der Waals surface area contributed by atoms with Crippen molar-refractivity contribution >= 4 is 21.6 Å². The van der Waals surface area contributed by atoms with Crippen molar-refractivity contribution in [2.24, 2.45) is 0 Å². The molecule has 0 heterocycles. The summed E-state index contributed by atoms with van der Waals surface area (Å²) in [5, 5.41) is 2.63. The SMILES string of the molecule is Cc1ccc(NC(=O)CNS(=O)(=O)c2ccc(F)c(C)c2)cc1C. The summed E-state index contributed by atoms with van der Waals surface area (Å²) in [6.07, 6.45) is 0. The van der Waals surface area contributed by atoms with Crippen LogP contribution in [-0.4, -0.2) is 20.9 Å². The highest BCUT2D eigenvalue weighted by Gasteiger charge is 2.16. The molecule has 5 nitrogen and oxygen atoms in total. The average Bonchev–Trinajstić information content (AvgIpc) is 2.52. The first kappa shape index (κ1) is 18.1. The summed E-state index contributed by atoms with van der Waals surface area (Å²) < 4.78 is 39.7. The van der Waals surface area contributed by atoms with Gasteiger partial charge in [-0.05, 0) is 67.8 Å². The Hall–Kier alpha value is -2.25. The van der Waals surface area contributed by atoms with Gasteiger partial charge in [-0.1, -0.05) is 6.07 Å². The van der Waals surface area contributed by atoms with Gasteiger partial charge < -0.3 is 5.32 Å². The van der Waals surface area contributed by atoms with Crippen LogP contribution in [0.1, 0.15) is 16.7 Å². The first-order chi connectivity index (χ1) is 11.2. The van der Waals surface area contributed by atoms with Crippen molar-refractivity contribution in [2.45, 2.75) is 25.7 Å². The van der Waals surface area contributed by atoms with Gasteiger partial charge in [0.15, 0.2) is 0 Å². The molecule has 0 bridgehead atoms. The zero-order chi connectivity index (χ0) is 17.9. The summed E-state index contributed by atoms with van der Waals surface area (Å²) in [6, 6.07) is 8.89. The third-order valence-corrected chi connectivity index (χ3v) is 5.05. The lowest BCUT2D eigenvalue weighted by Crippen LogP contribution is -2.33. The molecule has 2 N–H and O–H groups in total. The third-order valence-electron chi connectivity index (χ3n) is 3.65. The van der Waals surface area contributed by atoms with Gasteiger partial charge in [-0.25, -0.2) is 17.5 Å². The highest BCUT2D eigenvalue weighted by molar-refractivity contribution is 7.89. The van der Waals surface area contributed by atoms with Gasteiger partial charge in [0.05, 0.1) is 11.4 Å². The Morgan fingerprint density at radius 3 is 2.33 bits per heavy atom. The van der Waals surface area contributed by atoms with E-state index in [-0.39, 0.29) is 10.5 Å². The van der Waals surface area contributed by atoms with E-state index in [9.17, 15) is 17.6 Å². The molecule has 7 heteroatoms. The number of carbonyl (C=O) groups is 1. The number of carbonyl (C=O) groups excluding carboxylic acids is 1. The number of hydrogen-bond acceptors (Lipinski definition) is 3. The Labute approximate surface area is 141 Å². The molecule has 0 atom stereocenters. The number of aryl methyl sites for hydroxylation is 3. The van der Waals surface area contributed by atoms with E-state index in [1.165, 1.54) is 13.0 Å². The van der Waals surface area contributed by atoms with Crippen molar-refractivity contribution in [3.8, 4) is 0 Å². The Balaban J connectivity index is 2.01. The molecule has 0 aliphatic heterocycles. The summed E-state index contributed by atoms with van der Waals surface area (Å²) in [5.41, 5.74) is 2.94. The molecule has 0 spiro atoms. The predicted octanol–water partition coefficient (Wildman–Crippen LogP) is 2.67. The minimum absolute atomic E-state index is 0.0830. The summed E-state index contributed by atoms with van der Waals surface area (Å²) >= 11 is 0. The van der Waals surface area contributed by atoms with Gasteiger partial charge in [0.1, 0.15) is 5.82 Å². The Morgan fingerprint density at radius 1 is 1.00 bits per heavy atom. The van der Waals surface area contributed by atoms with Gasteiger partial charge in [0.25, 0.3) is 0 Å². The summed E-state index contributed by atoms with van der Waals surface area (Å²) in [5.74, 6) is -0.970. The van der Waals surface area contributed by atoms with E-state index < -0.39 is 28.3 Å². The van der Waals surface area contributed by atoms with E-state index in [4.69, 9.17) is 0 Å². The number of amides is 1. The van der Waals surface area contributed by atoms with Crippen LogP contribution in [-0.2, 0) is 14.8 Å². The topological polar surface area (TPSA) is 75.3 Å². The maximum Gasteiger partial charge on any atom is 0.241 e. The molecule has 0 fully saturated rings. The first-order valence-corrected chi connectivity index (χ1v) is 8.80. The maximum atomic E-state index is 13.2. The molecule has 24 heavy (non-hydrogen) atoms. The van der Waals surface area contributed by atoms with Crippen LogP contribution in [0.2, 0.25) is 0 Å². The lowest BCUT2D eigenvalue weighted by atomic mass is 10.1. The first-order valence-electron chi connectivity index (χ1n) is 7.32. The molecule has 0 aliphatic rings. The summed E-state index contributed by atoms with van der Waals surface area (Å²) in [7, 11) is -3.88. The monoisotopic (exact) mass is 350 g/mol. The maximum absolute atomic E-state index is 13.2. The van der Waals surface area contributed by atoms with Crippen LogP contribution >= 0.6 is 0 Å². The molecule has 128 valence electrons. The quantitative estimate of drug-likeness (QED) is 0.870. The largest absolute Gasteiger partial charge is 0.325 e. The minimum Gasteiger partial charge on any atom is -0.325 e. The third kappa shape index (κ3) is 4.39. The van der Waals surface area contributed by atoms with Crippen molar-refractivity contribution in [1.29, 1.82) is 0 Å². The molecule has 0 saturated heterocycles. The summed E-state index contributed by atoms with van der Waals surface area (Å²) in [6.45, 7) is 4.94. The predicted molar refractivity (Wildman–Crippen MR) is 90.9 cm³/mol. The Morgan fingerprint density at radius 2 is 1.71 bits per heavy atom. The normalized spacial score (nSPS) is 11.3. The van der Waals surface area contributed by atoms with Crippen LogP contribution in [0, 0.1) is 26.6 Å². The molecule has 1 amide bonds. The molecular formula is C17H19FN2O3S. The minimum atomic E-state index is -3.88. The molecule has 0 saturated carbocycles. The molecule has 0 unspecified atom stereocenters. The fraction of sp³-hybridized carbons (Fsp3) is 0.235. The van der Waals surface area contributed by atoms with E-state index in [1.54, 1.807) is 6.07 Å². The molecule has 0 radical (unpaired) electrons. The second-order valence-corrected chi connectivity index (χ2v) is 7.35. The standard InChI is InChI=1S/C17H19FN2O3S/c1-11-4-5-14(8-12(11)2)20-17(21)10-19-24(22,23)15-6-7-16(18)13(3)9-15/h4-9,19H,10H2,1-3H3,(H,20,21). The fourth-order valence-electron chi connectivity index (χ4n) is 2.05. The Kier molecular flexibility index (Phi) is 5.36. The van der Waals surface area contributed by atoms with Gasteiger partial charge in [0.2, 0.25) is 15.9 Å². The second kappa shape index (κ2) is 7.11. The van der Waals surface area contributed by atoms with Crippen LogP contribution in [0.4, 0.5) is 10.1 Å². The number of rotatable bonds is 5. The van der Waals surface area contributed by atoms with Gasteiger partial charge in [-0.2, -0.15) is 0 Å². The molecule has 2 rings (SSSR count). The van der Waals surface area contributed by atoms with Crippen molar-refractivity contribution in [2.75, 3.05) is 11.9 Å². The zero-order valence-corrected chi connectivity index (χ0v) is 14.5. The number of hydrogen-bond donors (Lipinski definition) is 2. The number of halogens is 1. The zero-order valence-electron chi connectivity index (χ0n) is 13.7. The van der Waals surface area contributed by atoms with Crippen molar-refractivity contribution in [3.05, 3.63) is 58.9 Å². The fourth-order valence-corrected chi connectivity index (χ4v) is 3.12. The van der Waals surface area contributed by atoms with Crippen molar-refractivity contribution in [3.63, 3.8) is 0 Å². The van der Waals surface area contributed by atoms with Crippen molar-refractivity contribution in [1.82, 2.24) is 4.72 Å². The second-order valence-electron chi connectivity index (χ2n) is 5.58. The highest BCUT2D eigenvalue weighted by Crippen LogP contribution is 2.15. The lowest BCUT2D eigenvalue weighted by molar-refractivity contribution is -0.115. The number of sulfonamides is 1. The van der Waals surface area contributed by atoms with Crippen LogP contribution in [0.5, 0.6) is 0 Å². The smallest absolute Gasteiger partial charge is 0.241 e. The molecule has 2 aromatic rings. The molecule has 0 aromatic heterocycles. The molecule has 2 aromatic carbocycles. The van der Waals surface area contributed by atoms with E-state index >= 15 is 0 Å². The number of benzene rings is 2. The highest BCUT2D eigenvalue weighted by atomic mass is 32.2. The molecule has 0 aliphatic carbocycles. The van der Waals surface area contributed by atoms with Gasteiger partial charge in [-0.3, -0.25) is 4.79 Å². The number of nitrogens with one attached hydrogen (secondary N) is 2. The van der Waals surface area contributed by atoms with Gasteiger partial charge in [-0.15, -0.1) is 0 Å². The van der Waals surface area contributed by atoms with Crippen LogP contribution in [0.3, 0.4) is 0 Å². The average molecular weight is 350 g/mol. The van der Waals surface area contributed by atoms with E-state index in [0.29, 0.717) is 5.69 Å². The molecular weight excluding hydrogens is 331 g/mol. The lowest BCUT2D eigenvalue weighted by Gasteiger charge is -2.10. The van der Waals surface area contributed by atoms with Crippen LogP contribution in [0.25, 0.3) is 0 Å². The van der Waals surface area contributed by atoms with Crippen molar-refractivity contribution < 1.29 is 17.6 Å². The van der Waals surface area contributed by atoms with Crippen LogP contribution < -0.4 is 10.0 Å². The van der Waals surface area contributed by atoms with Gasteiger partial charge in [0, 0.05) is 5.69 Å². The summed E-state index contributed by atoms with van der Waals surface area (Å²) in [4.78, 5) is 11.8. The van der Waals surface area contributed by atoms with E-state index in [2.05, 4.69) is 10.0 Å². The van der Waals surface area contributed by atoms with E-state index in [0.717, 1.165) is 23.3 Å². The number of anilines is 1. The van der Waals surface area contributed by atoms with Gasteiger partial charge >= 0.3 is 0 Å².